The first-order chi connectivity index (χ1) is 20.3. The SMILES string of the molecule is CCOC(=O)Cn1c(C)c(/C=c2\sc3n(c2=O)[C@H](c2ccc(OCC)cc2)C(C(=O)OCC)=C(C)N=3)c2ccccc21. The van der Waals surface area contributed by atoms with Gasteiger partial charge < -0.3 is 18.8 Å². The number of hydrogen-bond acceptors (Lipinski definition) is 8. The van der Waals surface area contributed by atoms with Gasteiger partial charge >= 0.3 is 11.9 Å². The van der Waals surface area contributed by atoms with Gasteiger partial charge in [-0.05, 0) is 64.5 Å². The standard InChI is InChI=1S/C32H33N3O6S/c1-6-39-22-15-13-21(14-16-22)29-28(31(38)41-8-3)19(4)33-32-35(29)30(37)26(42-32)17-24-20(5)34(18-27(36)40-7-2)25-12-10-9-11-23(24)25/h9-17,29H,6-8,18H2,1-5H3/b26-17-/t29-/m1/s1. The van der Waals surface area contributed by atoms with Gasteiger partial charge in [0.05, 0.1) is 41.7 Å². The van der Waals surface area contributed by atoms with Gasteiger partial charge in [0.25, 0.3) is 5.56 Å². The van der Waals surface area contributed by atoms with Gasteiger partial charge in [0, 0.05) is 22.2 Å². The van der Waals surface area contributed by atoms with Gasteiger partial charge in [0.15, 0.2) is 4.80 Å². The van der Waals surface area contributed by atoms with Crippen molar-refractivity contribution in [3.8, 4) is 5.75 Å². The molecule has 9 nitrogen and oxygen atoms in total. The fourth-order valence-electron chi connectivity index (χ4n) is 5.33. The van der Waals surface area contributed by atoms with Crippen LogP contribution in [0.4, 0.5) is 0 Å². The average molecular weight is 588 g/mol. The van der Waals surface area contributed by atoms with Crippen LogP contribution >= 0.6 is 11.3 Å². The Morgan fingerprint density at radius 1 is 0.976 bits per heavy atom. The molecular formula is C32H33N3O6S. The Hall–Kier alpha value is -4.44. The molecule has 4 aromatic rings. The van der Waals surface area contributed by atoms with E-state index in [-0.39, 0.29) is 24.7 Å². The zero-order valence-electron chi connectivity index (χ0n) is 24.3. The highest BCUT2D eigenvalue weighted by atomic mass is 32.1. The number of aromatic nitrogens is 2. The van der Waals surface area contributed by atoms with E-state index < -0.39 is 12.0 Å². The lowest BCUT2D eigenvalue weighted by Gasteiger charge is -2.24. The molecule has 0 amide bonds. The molecule has 0 unspecified atom stereocenters. The van der Waals surface area contributed by atoms with Crippen LogP contribution in [0.5, 0.6) is 5.75 Å². The number of esters is 2. The van der Waals surface area contributed by atoms with Gasteiger partial charge in [-0.15, -0.1) is 0 Å². The molecule has 0 bridgehead atoms. The van der Waals surface area contributed by atoms with E-state index in [1.54, 1.807) is 25.3 Å². The second kappa shape index (κ2) is 12.2. The van der Waals surface area contributed by atoms with Crippen molar-refractivity contribution in [3.63, 3.8) is 0 Å². The normalized spacial score (nSPS) is 15.0. The number of nitrogens with zero attached hydrogens (tertiary/aromatic N) is 3. The maximum atomic E-state index is 14.1. The van der Waals surface area contributed by atoms with E-state index >= 15 is 0 Å². The number of carbonyl (C=O) groups excluding carboxylic acids is 2. The van der Waals surface area contributed by atoms with Crippen molar-refractivity contribution in [1.82, 2.24) is 9.13 Å². The number of allylic oxidation sites excluding steroid dienone is 1. The third kappa shape index (κ3) is 5.30. The highest BCUT2D eigenvalue weighted by Crippen LogP contribution is 2.32. The van der Waals surface area contributed by atoms with Crippen LogP contribution in [0.15, 0.2) is 69.6 Å². The zero-order valence-corrected chi connectivity index (χ0v) is 25.1. The van der Waals surface area contributed by atoms with Gasteiger partial charge in [-0.2, -0.15) is 0 Å². The fourth-order valence-corrected chi connectivity index (χ4v) is 6.36. The van der Waals surface area contributed by atoms with Gasteiger partial charge in [0.1, 0.15) is 12.3 Å². The maximum absolute atomic E-state index is 14.1. The Bertz CT molecular complexity index is 1880. The number of carbonyl (C=O) groups is 2. The average Bonchev–Trinajstić information content (AvgIpc) is 3.41. The lowest BCUT2D eigenvalue weighted by molar-refractivity contribution is -0.143. The van der Waals surface area contributed by atoms with E-state index in [0.29, 0.717) is 39.6 Å². The summed E-state index contributed by atoms with van der Waals surface area (Å²) in [5.41, 5.74) is 3.83. The number of benzene rings is 2. The monoisotopic (exact) mass is 587 g/mol. The van der Waals surface area contributed by atoms with Gasteiger partial charge in [-0.3, -0.25) is 14.2 Å². The lowest BCUT2D eigenvalue weighted by Crippen LogP contribution is -2.39. The number of fused-ring (bicyclic) bond motifs is 2. The summed E-state index contributed by atoms with van der Waals surface area (Å²) in [5.74, 6) is -0.142. The summed E-state index contributed by atoms with van der Waals surface area (Å²) in [6.07, 6.45) is 1.85. The number of ether oxygens (including phenoxy) is 3. The Morgan fingerprint density at radius 2 is 1.69 bits per heavy atom. The number of thiazole rings is 1. The molecule has 2 aromatic carbocycles. The second-order valence-corrected chi connectivity index (χ2v) is 10.7. The Kier molecular flexibility index (Phi) is 8.44. The summed E-state index contributed by atoms with van der Waals surface area (Å²) in [6, 6.07) is 14.4. The molecule has 1 atom stereocenters. The highest BCUT2D eigenvalue weighted by Gasteiger charge is 2.33. The summed E-state index contributed by atoms with van der Waals surface area (Å²) < 4.78 is 20.1. The molecule has 10 heteroatoms. The van der Waals surface area contributed by atoms with Crippen LogP contribution in [0, 0.1) is 6.92 Å². The molecular weight excluding hydrogens is 554 g/mol. The Morgan fingerprint density at radius 3 is 2.38 bits per heavy atom. The molecule has 0 aliphatic carbocycles. The van der Waals surface area contributed by atoms with Crippen molar-refractivity contribution < 1.29 is 23.8 Å². The van der Waals surface area contributed by atoms with Crippen LogP contribution in [-0.2, 0) is 25.6 Å². The first-order valence-corrected chi connectivity index (χ1v) is 14.8. The third-order valence-electron chi connectivity index (χ3n) is 7.17. The molecule has 0 saturated carbocycles. The molecule has 5 rings (SSSR count). The smallest absolute Gasteiger partial charge is 0.338 e. The van der Waals surface area contributed by atoms with Crippen molar-refractivity contribution in [1.29, 1.82) is 0 Å². The molecule has 0 fully saturated rings. The van der Waals surface area contributed by atoms with E-state index in [2.05, 4.69) is 4.99 Å². The minimum atomic E-state index is -0.718. The molecule has 1 aliphatic heterocycles. The maximum Gasteiger partial charge on any atom is 0.338 e. The fraction of sp³-hybridized carbons (Fsp3) is 0.312. The lowest BCUT2D eigenvalue weighted by atomic mass is 9.96. The van der Waals surface area contributed by atoms with Crippen LogP contribution in [0.3, 0.4) is 0 Å². The summed E-state index contributed by atoms with van der Waals surface area (Å²) in [4.78, 5) is 44.9. The molecule has 0 spiro atoms. The van der Waals surface area contributed by atoms with E-state index in [9.17, 15) is 14.4 Å². The second-order valence-electron chi connectivity index (χ2n) is 9.71. The summed E-state index contributed by atoms with van der Waals surface area (Å²) in [6.45, 7) is 10.2. The summed E-state index contributed by atoms with van der Waals surface area (Å²) in [7, 11) is 0. The molecule has 42 heavy (non-hydrogen) atoms. The molecule has 0 saturated heterocycles. The van der Waals surface area contributed by atoms with Crippen molar-refractivity contribution in [2.24, 2.45) is 4.99 Å². The number of hydrogen-bond donors (Lipinski definition) is 0. The van der Waals surface area contributed by atoms with E-state index in [1.807, 2.05) is 73.0 Å². The van der Waals surface area contributed by atoms with Crippen LogP contribution in [0.1, 0.15) is 50.6 Å². The van der Waals surface area contributed by atoms with Crippen LogP contribution in [0.2, 0.25) is 0 Å². The Balaban J connectivity index is 1.70. The first-order valence-electron chi connectivity index (χ1n) is 13.9. The summed E-state index contributed by atoms with van der Waals surface area (Å²) in [5, 5.41) is 0.914. The molecule has 0 N–H and O–H groups in total. The predicted octanol–water partition coefficient (Wildman–Crippen LogP) is 4.02. The number of rotatable bonds is 9. The van der Waals surface area contributed by atoms with Crippen molar-refractivity contribution in [2.45, 2.75) is 47.2 Å². The first kappa shape index (κ1) is 29.1. The number of para-hydroxylation sites is 1. The van der Waals surface area contributed by atoms with Gasteiger partial charge in [0.2, 0.25) is 0 Å². The molecule has 218 valence electrons. The van der Waals surface area contributed by atoms with E-state index in [4.69, 9.17) is 14.2 Å². The molecule has 3 heterocycles. The van der Waals surface area contributed by atoms with Gasteiger partial charge in [-0.25, -0.2) is 9.79 Å². The topological polar surface area (TPSA) is 101 Å². The van der Waals surface area contributed by atoms with Gasteiger partial charge in [-0.1, -0.05) is 41.7 Å². The highest BCUT2D eigenvalue weighted by molar-refractivity contribution is 7.07. The minimum Gasteiger partial charge on any atom is -0.494 e. The zero-order chi connectivity index (χ0) is 30.0. The summed E-state index contributed by atoms with van der Waals surface area (Å²) >= 11 is 1.26. The van der Waals surface area contributed by atoms with Crippen LogP contribution in [-0.4, -0.2) is 40.9 Å². The quantitative estimate of drug-likeness (QED) is 0.274. The molecule has 0 radical (unpaired) electrons. The third-order valence-corrected chi connectivity index (χ3v) is 8.15. The molecule has 2 aromatic heterocycles. The van der Waals surface area contributed by atoms with Crippen molar-refractivity contribution in [3.05, 3.63) is 96.3 Å². The Labute approximate surface area is 247 Å². The van der Waals surface area contributed by atoms with Crippen LogP contribution < -0.4 is 19.6 Å². The van der Waals surface area contributed by atoms with Crippen molar-refractivity contribution >= 4 is 40.3 Å². The molecule has 1 aliphatic rings. The largest absolute Gasteiger partial charge is 0.494 e. The van der Waals surface area contributed by atoms with E-state index in [1.165, 1.54) is 11.3 Å². The van der Waals surface area contributed by atoms with E-state index in [0.717, 1.165) is 27.7 Å². The minimum absolute atomic E-state index is 0.0646. The predicted molar refractivity (Wildman–Crippen MR) is 161 cm³/mol. The van der Waals surface area contributed by atoms with Crippen LogP contribution in [0.25, 0.3) is 17.0 Å². The van der Waals surface area contributed by atoms with Crippen molar-refractivity contribution in [2.75, 3.05) is 19.8 Å².